The number of amides is 3. The van der Waals surface area contributed by atoms with E-state index in [9.17, 15) is 14.4 Å². The number of nitrogens with one attached hydrogen (secondary N) is 2. The first kappa shape index (κ1) is 19.0. The largest absolute Gasteiger partial charge is 0.352 e. The Kier molecular flexibility index (Phi) is 5.87. The summed E-state index contributed by atoms with van der Waals surface area (Å²) in [7, 11) is 1.62. The zero-order valence-corrected chi connectivity index (χ0v) is 15.5. The van der Waals surface area contributed by atoms with Gasteiger partial charge in [0.15, 0.2) is 0 Å². The first-order valence-corrected chi connectivity index (χ1v) is 8.68. The quantitative estimate of drug-likeness (QED) is 0.864. The zero-order chi connectivity index (χ0) is 18.6. The highest BCUT2D eigenvalue weighted by atomic mass is 16.2. The van der Waals surface area contributed by atoms with E-state index in [1.165, 1.54) is 10.6 Å². The van der Waals surface area contributed by atoms with Crippen molar-refractivity contribution in [3.63, 3.8) is 0 Å². The summed E-state index contributed by atoms with van der Waals surface area (Å²) in [5.74, 6) is -0.0238. The number of carbonyl (C=O) groups is 2. The molecule has 138 valence electrons. The highest BCUT2D eigenvalue weighted by Gasteiger charge is 2.25. The SMILES string of the molecule is Cn1cccc(C(=O)NCC2CCN(C(=O)NC(C)(C)C)CC2)c1=O. The zero-order valence-electron chi connectivity index (χ0n) is 15.5. The molecule has 1 aromatic heterocycles. The number of piperidine rings is 1. The van der Waals surface area contributed by atoms with Crippen molar-refractivity contribution in [2.24, 2.45) is 13.0 Å². The monoisotopic (exact) mass is 348 g/mol. The molecule has 0 bridgehead atoms. The standard InChI is InChI=1S/C18H28N4O3/c1-18(2,3)20-17(25)22-10-7-13(8-11-22)12-19-15(23)14-6-5-9-21(4)16(14)24/h5-6,9,13H,7-8,10-12H2,1-4H3,(H,19,23)(H,20,25). The summed E-state index contributed by atoms with van der Waals surface area (Å²) in [5, 5.41) is 5.81. The molecule has 2 rings (SSSR count). The molecule has 1 aliphatic heterocycles. The van der Waals surface area contributed by atoms with E-state index in [1.54, 1.807) is 19.3 Å². The number of carbonyl (C=O) groups excluding carboxylic acids is 2. The summed E-state index contributed by atoms with van der Waals surface area (Å²) >= 11 is 0. The average Bonchev–Trinajstić information content (AvgIpc) is 2.54. The molecule has 3 amide bonds. The van der Waals surface area contributed by atoms with E-state index in [0.717, 1.165) is 12.8 Å². The molecule has 2 heterocycles. The van der Waals surface area contributed by atoms with Gasteiger partial charge in [-0.25, -0.2) is 4.79 Å². The van der Waals surface area contributed by atoms with E-state index in [0.29, 0.717) is 25.6 Å². The van der Waals surface area contributed by atoms with Crippen LogP contribution < -0.4 is 16.2 Å². The Morgan fingerprint density at radius 2 is 1.88 bits per heavy atom. The molecular weight excluding hydrogens is 320 g/mol. The van der Waals surface area contributed by atoms with Crippen molar-refractivity contribution in [1.82, 2.24) is 20.1 Å². The van der Waals surface area contributed by atoms with Crippen molar-refractivity contribution in [3.8, 4) is 0 Å². The van der Waals surface area contributed by atoms with E-state index in [1.807, 2.05) is 25.7 Å². The van der Waals surface area contributed by atoms with Gasteiger partial charge in [0.05, 0.1) is 0 Å². The third-order valence-corrected chi connectivity index (χ3v) is 4.30. The lowest BCUT2D eigenvalue weighted by molar-refractivity contribution is 0.0935. The third kappa shape index (κ3) is 5.34. The van der Waals surface area contributed by atoms with Crippen molar-refractivity contribution < 1.29 is 9.59 Å². The molecule has 2 N–H and O–H groups in total. The smallest absolute Gasteiger partial charge is 0.317 e. The normalized spacial score (nSPS) is 15.8. The number of hydrogen-bond donors (Lipinski definition) is 2. The molecule has 0 saturated carbocycles. The number of hydrogen-bond acceptors (Lipinski definition) is 3. The Balaban J connectivity index is 1.81. The second kappa shape index (κ2) is 7.72. The molecule has 0 atom stereocenters. The second-order valence-corrected chi connectivity index (χ2v) is 7.66. The van der Waals surface area contributed by atoms with Gasteiger partial charge >= 0.3 is 6.03 Å². The number of pyridine rings is 1. The van der Waals surface area contributed by atoms with Crippen LogP contribution in [-0.4, -0.2) is 46.6 Å². The topological polar surface area (TPSA) is 83.4 Å². The van der Waals surface area contributed by atoms with E-state index in [2.05, 4.69) is 10.6 Å². The maximum absolute atomic E-state index is 12.2. The van der Waals surface area contributed by atoms with E-state index in [4.69, 9.17) is 0 Å². The van der Waals surface area contributed by atoms with Crippen LogP contribution in [0, 0.1) is 5.92 Å². The summed E-state index contributed by atoms with van der Waals surface area (Å²) < 4.78 is 1.39. The lowest BCUT2D eigenvalue weighted by Gasteiger charge is -2.34. The minimum absolute atomic E-state index is 0.0391. The fraction of sp³-hybridized carbons (Fsp3) is 0.611. The highest BCUT2D eigenvalue weighted by Crippen LogP contribution is 2.17. The van der Waals surface area contributed by atoms with E-state index < -0.39 is 0 Å². The van der Waals surface area contributed by atoms with Crippen LogP contribution in [0.3, 0.4) is 0 Å². The van der Waals surface area contributed by atoms with Crippen molar-refractivity contribution in [2.45, 2.75) is 39.2 Å². The molecule has 7 nitrogen and oxygen atoms in total. The number of aromatic nitrogens is 1. The van der Waals surface area contributed by atoms with Gasteiger partial charge in [0.25, 0.3) is 11.5 Å². The molecule has 1 saturated heterocycles. The summed E-state index contributed by atoms with van der Waals surface area (Å²) in [6.07, 6.45) is 3.30. The van der Waals surface area contributed by atoms with Crippen LogP contribution in [0.2, 0.25) is 0 Å². The van der Waals surface area contributed by atoms with Gasteiger partial charge in [0, 0.05) is 38.4 Å². The van der Waals surface area contributed by atoms with Gasteiger partial charge in [-0.3, -0.25) is 9.59 Å². The maximum atomic E-state index is 12.2. The van der Waals surface area contributed by atoms with Crippen LogP contribution in [0.15, 0.2) is 23.1 Å². The maximum Gasteiger partial charge on any atom is 0.317 e. The number of aryl methyl sites for hydroxylation is 1. The Bertz CT molecular complexity index is 682. The van der Waals surface area contributed by atoms with Gasteiger partial charge in [0.1, 0.15) is 5.56 Å². The molecule has 1 fully saturated rings. The minimum atomic E-state index is -0.339. The van der Waals surface area contributed by atoms with E-state index >= 15 is 0 Å². The number of rotatable bonds is 3. The van der Waals surface area contributed by atoms with Gasteiger partial charge in [-0.1, -0.05) is 0 Å². The Morgan fingerprint density at radius 1 is 1.24 bits per heavy atom. The number of likely N-dealkylation sites (tertiary alicyclic amines) is 1. The van der Waals surface area contributed by atoms with Gasteiger partial charge in [0.2, 0.25) is 0 Å². The predicted octanol–water partition coefficient (Wildman–Crippen LogP) is 1.34. The summed E-state index contributed by atoms with van der Waals surface area (Å²) in [6, 6.07) is 3.18. The fourth-order valence-corrected chi connectivity index (χ4v) is 2.84. The Hall–Kier alpha value is -2.31. The molecule has 7 heteroatoms. The summed E-state index contributed by atoms with van der Waals surface area (Å²) in [4.78, 5) is 38.1. The summed E-state index contributed by atoms with van der Waals surface area (Å²) in [6.45, 7) is 7.75. The molecule has 0 aromatic carbocycles. The van der Waals surface area contributed by atoms with Crippen LogP contribution in [0.1, 0.15) is 44.0 Å². The molecule has 0 spiro atoms. The molecule has 0 unspecified atom stereocenters. The first-order valence-electron chi connectivity index (χ1n) is 8.68. The fourth-order valence-electron chi connectivity index (χ4n) is 2.84. The third-order valence-electron chi connectivity index (χ3n) is 4.30. The molecule has 1 aromatic rings. The molecule has 0 radical (unpaired) electrons. The lowest BCUT2D eigenvalue weighted by atomic mass is 9.97. The van der Waals surface area contributed by atoms with Crippen LogP contribution in [0.25, 0.3) is 0 Å². The predicted molar refractivity (Wildman–Crippen MR) is 96.6 cm³/mol. The number of nitrogens with zero attached hydrogens (tertiary/aromatic N) is 2. The summed E-state index contributed by atoms with van der Waals surface area (Å²) in [5.41, 5.74) is -0.385. The Morgan fingerprint density at radius 3 is 2.48 bits per heavy atom. The van der Waals surface area contributed by atoms with Crippen molar-refractivity contribution >= 4 is 11.9 Å². The number of urea groups is 1. The van der Waals surface area contributed by atoms with Gasteiger partial charge in [-0.15, -0.1) is 0 Å². The average molecular weight is 348 g/mol. The van der Waals surface area contributed by atoms with Gasteiger partial charge in [-0.2, -0.15) is 0 Å². The van der Waals surface area contributed by atoms with Gasteiger partial charge < -0.3 is 20.1 Å². The van der Waals surface area contributed by atoms with Crippen LogP contribution in [-0.2, 0) is 7.05 Å². The lowest BCUT2D eigenvalue weighted by Crippen LogP contribution is -2.51. The minimum Gasteiger partial charge on any atom is -0.352 e. The van der Waals surface area contributed by atoms with Crippen molar-refractivity contribution in [3.05, 3.63) is 34.2 Å². The molecule has 25 heavy (non-hydrogen) atoms. The van der Waals surface area contributed by atoms with Crippen molar-refractivity contribution in [2.75, 3.05) is 19.6 Å². The Labute approximate surface area is 148 Å². The molecule has 1 aliphatic rings. The molecule has 0 aliphatic carbocycles. The van der Waals surface area contributed by atoms with E-state index in [-0.39, 0.29) is 28.6 Å². The van der Waals surface area contributed by atoms with Gasteiger partial charge in [-0.05, 0) is 51.7 Å². The molecular formula is C18H28N4O3. The first-order chi connectivity index (χ1) is 11.7. The highest BCUT2D eigenvalue weighted by molar-refractivity contribution is 5.93. The van der Waals surface area contributed by atoms with Crippen molar-refractivity contribution in [1.29, 1.82) is 0 Å². The second-order valence-electron chi connectivity index (χ2n) is 7.66. The van der Waals surface area contributed by atoms with Crippen LogP contribution >= 0.6 is 0 Å². The van der Waals surface area contributed by atoms with Crippen LogP contribution in [0.4, 0.5) is 4.79 Å². The van der Waals surface area contributed by atoms with Crippen LogP contribution in [0.5, 0.6) is 0 Å².